The highest BCUT2D eigenvalue weighted by Gasteiger charge is 2.18. The summed E-state index contributed by atoms with van der Waals surface area (Å²) < 4.78 is 1.17. The van der Waals surface area contributed by atoms with E-state index in [1.807, 2.05) is 12.3 Å². The average Bonchev–Trinajstić information content (AvgIpc) is 3.20. The predicted octanol–water partition coefficient (Wildman–Crippen LogP) is 6.87. The van der Waals surface area contributed by atoms with Crippen LogP contribution in [0, 0.1) is 0 Å². The molecule has 0 N–H and O–H groups in total. The van der Waals surface area contributed by atoms with Crippen LogP contribution in [0.1, 0.15) is 26.3 Å². The van der Waals surface area contributed by atoms with E-state index in [2.05, 4.69) is 89.6 Å². The van der Waals surface area contributed by atoms with Crippen molar-refractivity contribution in [1.29, 1.82) is 0 Å². The van der Waals surface area contributed by atoms with Crippen LogP contribution in [0.4, 0.5) is 0 Å². The van der Waals surface area contributed by atoms with Crippen LogP contribution in [0.25, 0.3) is 43.5 Å². The topological polar surface area (TPSA) is 38.7 Å². The van der Waals surface area contributed by atoms with Gasteiger partial charge in [-0.25, -0.2) is 9.97 Å². The van der Waals surface area contributed by atoms with Crippen molar-refractivity contribution >= 4 is 32.3 Å². The van der Waals surface area contributed by atoms with Crippen LogP contribution < -0.4 is 0 Å². The molecular weight excluding hydrogens is 374 g/mol. The number of rotatable bonds is 2. The second-order valence-corrected chi connectivity index (χ2v) is 9.26. The first-order chi connectivity index (χ1) is 14.0. The zero-order valence-electron chi connectivity index (χ0n) is 16.7. The maximum absolute atomic E-state index is 4.59. The van der Waals surface area contributed by atoms with Gasteiger partial charge < -0.3 is 0 Å². The number of hydrogen-bond donors (Lipinski definition) is 0. The number of benzene rings is 2. The number of pyridine rings is 1. The molecule has 0 unspecified atom stereocenters. The van der Waals surface area contributed by atoms with Crippen molar-refractivity contribution in [3.63, 3.8) is 0 Å². The lowest BCUT2D eigenvalue weighted by Crippen LogP contribution is -2.12. The summed E-state index contributed by atoms with van der Waals surface area (Å²) >= 11 is 1.70. The highest BCUT2D eigenvalue weighted by molar-refractivity contribution is 7.17. The molecule has 0 spiro atoms. The van der Waals surface area contributed by atoms with Crippen molar-refractivity contribution < 1.29 is 0 Å². The lowest BCUT2D eigenvalue weighted by Gasteiger charge is -2.22. The minimum atomic E-state index is 0.0413. The Hall–Kier alpha value is -3.11. The monoisotopic (exact) mass is 395 g/mol. The summed E-state index contributed by atoms with van der Waals surface area (Å²) in [5, 5.41) is 4.60. The highest BCUT2D eigenvalue weighted by atomic mass is 32.1. The molecule has 0 saturated heterocycles. The van der Waals surface area contributed by atoms with Crippen LogP contribution in [0.15, 0.2) is 72.5 Å². The highest BCUT2D eigenvalue weighted by Crippen LogP contribution is 2.35. The summed E-state index contributed by atoms with van der Waals surface area (Å²) in [7, 11) is 0. The third kappa shape index (κ3) is 3.30. The van der Waals surface area contributed by atoms with E-state index in [-0.39, 0.29) is 5.41 Å². The van der Waals surface area contributed by atoms with Crippen LogP contribution in [0.5, 0.6) is 0 Å². The molecule has 0 saturated carbocycles. The summed E-state index contributed by atoms with van der Waals surface area (Å²) in [5.74, 6) is 0. The number of aromatic nitrogens is 3. The Morgan fingerprint density at radius 1 is 0.793 bits per heavy atom. The lowest BCUT2D eigenvalue weighted by atomic mass is 9.82. The summed E-state index contributed by atoms with van der Waals surface area (Å²) in [4.78, 5) is 13.7. The Morgan fingerprint density at radius 3 is 2.41 bits per heavy atom. The molecule has 5 aromatic rings. The fraction of sp³-hybridized carbons (Fsp3) is 0.160. The first-order valence-electron chi connectivity index (χ1n) is 9.68. The Morgan fingerprint density at radius 2 is 1.59 bits per heavy atom. The Kier molecular flexibility index (Phi) is 4.18. The molecule has 0 bridgehead atoms. The molecule has 3 heterocycles. The second-order valence-electron chi connectivity index (χ2n) is 8.31. The molecule has 4 heteroatoms. The molecule has 0 aliphatic carbocycles. The molecule has 29 heavy (non-hydrogen) atoms. The molecule has 0 radical (unpaired) electrons. The van der Waals surface area contributed by atoms with Gasteiger partial charge in [0.15, 0.2) is 0 Å². The third-order valence-corrected chi connectivity index (χ3v) is 6.08. The maximum Gasteiger partial charge on any atom is 0.116 e. The normalized spacial score (nSPS) is 12.0. The minimum Gasteiger partial charge on any atom is -0.255 e. The molecule has 0 amide bonds. The van der Waals surface area contributed by atoms with Crippen molar-refractivity contribution in [2.75, 3.05) is 0 Å². The summed E-state index contributed by atoms with van der Waals surface area (Å²) in [6.07, 6.45) is 3.54. The van der Waals surface area contributed by atoms with Crippen molar-refractivity contribution in [1.82, 2.24) is 15.0 Å². The van der Waals surface area contributed by atoms with Crippen molar-refractivity contribution in [3.05, 3.63) is 78.1 Å². The van der Waals surface area contributed by atoms with E-state index in [4.69, 9.17) is 0 Å². The van der Waals surface area contributed by atoms with Crippen LogP contribution >= 0.6 is 11.3 Å². The van der Waals surface area contributed by atoms with Gasteiger partial charge in [0.05, 0.1) is 21.6 Å². The lowest BCUT2D eigenvalue weighted by molar-refractivity contribution is 0.596. The van der Waals surface area contributed by atoms with Crippen LogP contribution in [0.3, 0.4) is 0 Å². The molecule has 0 aliphatic heterocycles. The summed E-state index contributed by atoms with van der Waals surface area (Å²) in [6.45, 7) is 6.77. The fourth-order valence-electron chi connectivity index (χ4n) is 3.74. The van der Waals surface area contributed by atoms with Gasteiger partial charge in [0.25, 0.3) is 0 Å². The molecule has 3 aromatic heterocycles. The largest absolute Gasteiger partial charge is 0.255 e. The molecule has 2 aromatic carbocycles. The van der Waals surface area contributed by atoms with Gasteiger partial charge in [0.1, 0.15) is 6.33 Å². The van der Waals surface area contributed by atoms with Gasteiger partial charge >= 0.3 is 0 Å². The fourth-order valence-corrected chi connectivity index (χ4v) is 4.52. The van der Waals surface area contributed by atoms with Crippen molar-refractivity contribution in [3.8, 4) is 22.5 Å². The van der Waals surface area contributed by atoms with E-state index in [9.17, 15) is 0 Å². The molecule has 0 fully saturated rings. The van der Waals surface area contributed by atoms with Gasteiger partial charge in [-0.3, -0.25) is 4.98 Å². The van der Waals surface area contributed by atoms with Crippen LogP contribution in [0.2, 0.25) is 0 Å². The molecule has 0 atom stereocenters. The average molecular weight is 396 g/mol. The van der Waals surface area contributed by atoms with Gasteiger partial charge in [-0.2, -0.15) is 0 Å². The standard InChI is InChI=1S/C25H21N3S/c1-25(2,3)20-11-17(10-16-6-4-5-7-19(16)20)22-13-23(28-15-27-22)18-12-24-21(26-14-18)8-9-29-24/h4-15H,1-3H3. The van der Waals surface area contributed by atoms with Crippen LogP contribution in [-0.2, 0) is 5.41 Å². The number of fused-ring (bicyclic) bond motifs is 2. The van der Waals surface area contributed by atoms with Crippen molar-refractivity contribution in [2.24, 2.45) is 0 Å². The summed E-state index contributed by atoms with van der Waals surface area (Å²) in [5.41, 5.74) is 6.34. The first kappa shape index (κ1) is 18.0. The van der Waals surface area contributed by atoms with E-state index < -0.39 is 0 Å². The SMILES string of the molecule is CC(C)(C)c1cc(-c2cc(-c3cnc4ccsc4c3)ncn2)cc2ccccc12. The van der Waals surface area contributed by atoms with Gasteiger partial charge in [-0.1, -0.05) is 45.0 Å². The van der Waals surface area contributed by atoms with Gasteiger partial charge in [-0.05, 0) is 57.5 Å². The quantitative estimate of drug-likeness (QED) is 0.327. The molecule has 3 nitrogen and oxygen atoms in total. The molecule has 142 valence electrons. The van der Waals surface area contributed by atoms with E-state index in [0.29, 0.717) is 0 Å². The molecule has 5 rings (SSSR count). The molecule has 0 aliphatic rings. The third-order valence-electron chi connectivity index (χ3n) is 5.23. The predicted molar refractivity (Wildman–Crippen MR) is 122 cm³/mol. The number of thiophene rings is 1. The second kappa shape index (κ2) is 6.75. The van der Waals surface area contributed by atoms with E-state index in [0.717, 1.165) is 28.0 Å². The van der Waals surface area contributed by atoms with E-state index in [1.54, 1.807) is 17.7 Å². The minimum absolute atomic E-state index is 0.0413. The smallest absolute Gasteiger partial charge is 0.116 e. The van der Waals surface area contributed by atoms with Gasteiger partial charge in [-0.15, -0.1) is 11.3 Å². The number of nitrogens with zero attached hydrogens (tertiary/aromatic N) is 3. The van der Waals surface area contributed by atoms with Crippen molar-refractivity contribution in [2.45, 2.75) is 26.2 Å². The Labute approximate surface area is 174 Å². The van der Waals surface area contributed by atoms with Crippen LogP contribution in [-0.4, -0.2) is 15.0 Å². The zero-order chi connectivity index (χ0) is 20.0. The van der Waals surface area contributed by atoms with E-state index in [1.165, 1.54) is 21.0 Å². The zero-order valence-corrected chi connectivity index (χ0v) is 17.5. The van der Waals surface area contributed by atoms with Gasteiger partial charge in [0, 0.05) is 17.3 Å². The molecular formula is C25H21N3S. The maximum atomic E-state index is 4.59. The van der Waals surface area contributed by atoms with E-state index >= 15 is 0 Å². The number of hydrogen-bond acceptors (Lipinski definition) is 4. The summed E-state index contributed by atoms with van der Waals surface area (Å²) in [6, 6.07) is 19.3. The van der Waals surface area contributed by atoms with Gasteiger partial charge in [0.2, 0.25) is 0 Å². The Bertz CT molecular complexity index is 1350. The first-order valence-corrected chi connectivity index (χ1v) is 10.6. The Balaban J connectivity index is 1.66.